The number of piperidine rings is 1. The summed E-state index contributed by atoms with van der Waals surface area (Å²) < 4.78 is 10.8. The third-order valence-corrected chi connectivity index (χ3v) is 4.29. The zero-order valence-corrected chi connectivity index (χ0v) is 11.9. The highest BCUT2D eigenvalue weighted by molar-refractivity contribution is 5.93. The topological polar surface area (TPSA) is 54.7 Å². The summed E-state index contributed by atoms with van der Waals surface area (Å²) in [5.41, 5.74) is 0.871. The van der Waals surface area contributed by atoms with Gasteiger partial charge in [-0.15, -0.1) is 0 Å². The van der Waals surface area contributed by atoms with Gasteiger partial charge in [-0.2, -0.15) is 0 Å². The van der Waals surface area contributed by atoms with E-state index in [-0.39, 0.29) is 11.9 Å². The first-order chi connectivity index (χ1) is 9.75. The molecule has 110 valence electrons. The number of likely N-dealkylation sites (tertiary alicyclic amines) is 1. The summed E-state index contributed by atoms with van der Waals surface area (Å²) in [6.45, 7) is 5.40. The van der Waals surface area contributed by atoms with Gasteiger partial charge in [0.25, 0.3) is 5.91 Å². The Labute approximate surface area is 119 Å². The normalized spacial score (nSPS) is 27.6. The van der Waals surface area contributed by atoms with Gasteiger partial charge in [-0.3, -0.25) is 9.69 Å². The van der Waals surface area contributed by atoms with Crippen molar-refractivity contribution in [2.24, 2.45) is 0 Å². The van der Waals surface area contributed by atoms with Gasteiger partial charge >= 0.3 is 0 Å². The molecule has 1 N–H and O–H groups in total. The predicted octanol–water partition coefficient (Wildman–Crippen LogP) is 1.57. The Bertz CT molecular complexity index is 465. The van der Waals surface area contributed by atoms with E-state index in [0.29, 0.717) is 25.0 Å². The van der Waals surface area contributed by atoms with E-state index in [1.165, 1.54) is 19.3 Å². The van der Waals surface area contributed by atoms with Crippen molar-refractivity contribution in [2.45, 2.75) is 38.3 Å². The fraction of sp³-hybridized carbons (Fsp3) is 0.667. The van der Waals surface area contributed by atoms with Crippen LogP contribution in [-0.2, 0) is 4.74 Å². The number of carbonyl (C=O) groups is 1. The van der Waals surface area contributed by atoms with Crippen LogP contribution in [0, 0.1) is 6.92 Å². The summed E-state index contributed by atoms with van der Waals surface area (Å²) >= 11 is 0. The summed E-state index contributed by atoms with van der Waals surface area (Å²) in [5, 5.41) is 3.07. The minimum atomic E-state index is -0.134. The fourth-order valence-corrected chi connectivity index (χ4v) is 3.13. The van der Waals surface area contributed by atoms with Crippen molar-refractivity contribution in [3.63, 3.8) is 0 Å². The maximum atomic E-state index is 12.2. The summed E-state index contributed by atoms with van der Waals surface area (Å²) in [6, 6.07) is 2.17. The number of carbonyl (C=O) groups excluding carboxylic acids is 1. The summed E-state index contributed by atoms with van der Waals surface area (Å²) in [7, 11) is 0. The average Bonchev–Trinajstić information content (AvgIpc) is 3.08. The van der Waals surface area contributed by atoms with Gasteiger partial charge in [0.05, 0.1) is 31.6 Å². The Morgan fingerprint density at radius 2 is 2.10 bits per heavy atom. The molecule has 3 rings (SSSR count). The minimum Gasteiger partial charge on any atom is -0.459 e. The molecule has 0 aliphatic carbocycles. The summed E-state index contributed by atoms with van der Waals surface area (Å²) in [5.74, 6) is 0.277. The molecule has 5 nitrogen and oxygen atoms in total. The minimum absolute atomic E-state index is 0.0603. The molecule has 0 spiro atoms. The second-order valence-electron chi connectivity index (χ2n) is 5.71. The lowest BCUT2D eigenvalue weighted by molar-refractivity contribution is 0.0872. The van der Waals surface area contributed by atoms with Gasteiger partial charge in [-0.1, -0.05) is 6.42 Å². The molecule has 0 saturated carbocycles. The Hall–Kier alpha value is -1.33. The van der Waals surface area contributed by atoms with Gasteiger partial charge in [0, 0.05) is 5.56 Å². The van der Waals surface area contributed by atoms with Crippen LogP contribution in [0.3, 0.4) is 0 Å². The standard InChI is InChI=1S/C15H22N2O3/c1-11-5-8-20-14(11)15(18)16-12-9-19-10-13(12)17-6-3-2-4-7-17/h5,8,12-13H,2-4,6-7,9-10H2,1H3,(H,16,18)/t12-,13-/m0/s1. The van der Waals surface area contributed by atoms with Crippen LogP contribution in [0.5, 0.6) is 0 Å². The van der Waals surface area contributed by atoms with E-state index in [9.17, 15) is 4.79 Å². The molecular weight excluding hydrogens is 256 g/mol. The molecule has 1 aromatic rings. The molecule has 20 heavy (non-hydrogen) atoms. The molecule has 1 amide bonds. The Morgan fingerprint density at radius 1 is 1.30 bits per heavy atom. The molecule has 2 atom stereocenters. The smallest absolute Gasteiger partial charge is 0.287 e. The van der Waals surface area contributed by atoms with Gasteiger partial charge in [0.2, 0.25) is 0 Å². The van der Waals surface area contributed by atoms with E-state index in [4.69, 9.17) is 9.15 Å². The highest BCUT2D eigenvalue weighted by atomic mass is 16.5. The molecule has 5 heteroatoms. The first kappa shape index (κ1) is 13.6. The van der Waals surface area contributed by atoms with Crippen molar-refractivity contribution < 1.29 is 13.9 Å². The van der Waals surface area contributed by atoms with E-state index in [1.807, 2.05) is 13.0 Å². The maximum Gasteiger partial charge on any atom is 0.287 e. The van der Waals surface area contributed by atoms with Crippen LogP contribution in [0.15, 0.2) is 16.7 Å². The van der Waals surface area contributed by atoms with Crippen molar-refractivity contribution in [3.8, 4) is 0 Å². The van der Waals surface area contributed by atoms with Crippen molar-refractivity contribution in [2.75, 3.05) is 26.3 Å². The van der Waals surface area contributed by atoms with Crippen LogP contribution >= 0.6 is 0 Å². The largest absolute Gasteiger partial charge is 0.459 e. The SMILES string of the molecule is Cc1ccoc1C(=O)N[C@H]1COC[C@@H]1N1CCCCC1. The molecule has 2 saturated heterocycles. The highest BCUT2D eigenvalue weighted by Gasteiger charge is 2.35. The van der Waals surface area contributed by atoms with E-state index in [1.54, 1.807) is 6.26 Å². The number of hydrogen-bond donors (Lipinski definition) is 1. The number of aryl methyl sites for hydroxylation is 1. The Balaban J connectivity index is 1.64. The molecule has 0 aromatic carbocycles. The maximum absolute atomic E-state index is 12.2. The zero-order chi connectivity index (χ0) is 13.9. The predicted molar refractivity (Wildman–Crippen MR) is 74.7 cm³/mol. The molecule has 2 fully saturated rings. The number of rotatable bonds is 3. The number of ether oxygens (including phenoxy) is 1. The molecule has 0 radical (unpaired) electrons. The third kappa shape index (κ3) is 2.74. The average molecular weight is 278 g/mol. The lowest BCUT2D eigenvalue weighted by Gasteiger charge is -2.34. The van der Waals surface area contributed by atoms with Crippen LogP contribution in [-0.4, -0.2) is 49.2 Å². The zero-order valence-electron chi connectivity index (χ0n) is 11.9. The fourth-order valence-electron chi connectivity index (χ4n) is 3.13. The molecule has 2 aliphatic heterocycles. The van der Waals surface area contributed by atoms with Crippen LogP contribution in [0.4, 0.5) is 0 Å². The quantitative estimate of drug-likeness (QED) is 0.912. The Morgan fingerprint density at radius 3 is 2.80 bits per heavy atom. The van der Waals surface area contributed by atoms with Gasteiger partial charge < -0.3 is 14.5 Å². The van der Waals surface area contributed by atoms with Crippen LogP contribution < -0.4 is 5.32 Å². The third-order valence-electron chi connectivity index (χ3n) is 4.29. The number of nitrogens with zero attached hydrogens (tertiary/aromatic N) is 1. The summed E-state index contributed by atoms with van der Waals surface area (Å²) in [6.07, 6.45) is 5.35. The lowest BCUT2D eigenvalue weighted by atomic mass is 10.0. The van der Waals surface area contributed by atoms with E-state index >= 15 is 0 Å². The lowest BCUT2D eigenvalue weighted by Crippen LogP contribution is -2.52. The first-order valence-corrected chi connectivity index (χ1v) is 7.42. The molecular formula is C15H22N2O3. The van der Waals surface area contributed by atoms with E-state index in [2.05, 4.69) is 10.2 Å². The van der Waals surface area contributed by atoms with Crippen molar-refractivity contribution in [3.05, 3.63) is 23.7 Å². The number of hydrogen-bond acceptors (Lipinski definition) is 4. The summed E-state index contributed by atoms with van der Waals surface area (Å²) in [4.78, 5) is 14.7. The molecule has 0 unspecified atom stereocenters. The second-order valence-corrected chi connectivity index (χ2v) is 5.71. The Kier molecular flexibility index (Phi) is 4.08. The highest BCUT2D eigenvalue weighted by Crippen LogP contribution is 2.19. The van der Waals surface area contributed by atoms with Gasteiger partial charge in [0.1, 0.15) is 0 Å². The van der Waals surface area contributed by atoms with Gasteiger partial charge in [-0.25, -0.2) is 0 Å². The molecule has 1 aromatic heterocycles. The van der Waals surface area contributed by atoms with Crippen molar-refractivity contribution in [1.82, 2.24) is 10.2 Å². The number of amides is 1. The van der Waals surface area contributed by atoms with Gasteiger partial charge in [0.15, 0.2) is 5.76 Å². The molecule has 3 heterocycles. The molecule has 2 aliphatic rings. The van der Waals surface area contributed by atoms with Crippen LogP contribution in [0.2, 0.25) is 0 Å². The molecule has 0 bridgehead atoms. The monoisotopic (exact) mass is 278 g/mol. The van der Waals surface area contributed by atoms with Gasteiger partial charge in [-0.05, 0) is 38.9 Å². The number of furan rings is 1. The van der Waals surface area contributed by atoms with Crippen LogP contribution in [0.1, 0.15) is 35.4 Å². The number of nitrogens with one attached hydrogen (secondary N) is 1. The van der Waals surface area contributed by atoms with Crippen LogP contribution in [0.25, 0.3) is 0 Å². The second kappa shape index (κ2) is 5.97. The van der Waals surface area contributed by atoms with E-state index < -0.39 is 0 Å². The first-order valence-electron chi connectivity index (χ1n) is 7.42. The van der Waals surface area contributed by atoms with E-state index in [0.717, 1.165) is 18.7 Å². The van der Waals surface area contributed by atoms with Crippen molar-refractivity contribution in [1.29, 1.82) is 0 Å². The van der Waals surface area contributed by atoms with Crippen molar-refractivity contribution >= 4 is 5.91 Å².